The third kappa shape index (κ3) is 2.57. The lowest BCUT2D eigenvalue weighted by atomic mass is 10.2. The van der Waals surface area contributed by atoms with Crippen LogP contribution in [0.3, 0.4) is 0 Å². The van der Waals surface area contributed by atoms with Crippen molar-refractivity contribution >= 4 is 22.7 Å². The third-order valence-corrected chi connectivity index (χ3v) is 3.69. The fourth-order valence-corrected chi connectivity index (χ4v) is 2.52. The fraction of sp³-hybridized carbons (Fsp3) is 0. The van der Waals surface area contributed by atoms with Crippen molar-refractivity contribution in [3.63, 3.8) is 0 Å². The first-order chi connectivity index (χ1) is 11.8. The van der Waals surface area contributed by atoms with E-state index in [2.05, 4.69) is 21.1 Å². The molecule has 1 N–H and O–H groups in total. The lowest BCUT2D eigenvalue weighted by molar-refractivity contribution is 0.876. The Morgan fingerprint density at radius 3 is 2.62 bits per heavy atom. The summed E-state index contributed by atoms with van der Waals surface area (Å²) in [6.45, 7) is 0. The average Bonchev–Trinajstić information content (AvgIpc) is 3.27. The molecule has 24 heavy (non-hydrogen) atoms. The molecule has 5 heteroatoms. The SMILES string of the molecule is N#C/C(=C\c1ccn(-c2ccccc2)n1)c1nc2ccccc2[nH]1. The normalized spacial score (nSPS) is 11.5. The molecule has 0 aliphatic rings. The maximum atomic E-state index is 9.48. The summed E-state index contributed by atoms with van der Waals surface area (Å²) in [6, 6.07) is 21.6. The number of benzene rings is 2. The van der Waals surface area contributed by atoms with Gasteiger partial charge in [-0.3, -0.25) is 0 Å². The number of hydrogen-bond acceptors (Lipinski definition) is 3. The summed E-state index contributed by atoms with van der Waals surface area (Å²) in [5.41, 5.74) is 3.87. The Hall–Kier alpha value is -3.65. The summed E-state index contributed by atoms with van der Waals surface area (Å²) in [4.78, 5) is 7.63. The minimum Gasteiger partial charge on any atom is -0.337 e. The van der Waals surface area contributed by atoms with Crippen LogP contribution in [-0.4, -0.2) is 19.7 Å². The number of para-hydroxylation sites is 3. The lowest BCUT2D eigenvalue weighted by Gasteiger charge is -1.99. The number of aromatic amines is 1. The van der Waals surface area contributed by atoms with Crippen LogP contribution in [0.25, 0.3) is 28.4 Å². The van der Waals surface area contributed by atoms with Crippen molar-refractivity contribution in [2.24, 2.45) is 0 Å². The molecule has 0 saturated heterocycles. The van der Waals surface area contributed by atoms with Crippen LogP contribution >= 0.6 is 0 Å². The summed E-state index contributed by atoms with van der Waals surface area (Å²) in [6.07, 6.45) is 3.60. The number of nitrogens with one attached hydrogen (secondary N) is 1. The number of rotatable bonds is 3. The standard InChI is InChI=1S/C19H13N5/c20-13-14(19-21-17-8-4-5-9-18(17)22-19)12-15-10-11-24(23-15)16-6-2-1-3-7-16/h1-12H,(H,21,22)/b14-12+. The summed E-state index contributed by atoms with van der Waals surface area (Å²) in [5.74, 6) is 0.549. The number of allylic oxidation sites excluding steroid dienone is 1. The molecule has 114 valence electrons. The van der Waals surface area contributed by atoms with Crippen molar-refractivity contribution < 1.29 is 0 Å². The molecular formula is C19H13N5. The van der Waals surface area contributed by atoms with Crippen LogP contribution in [0.2, 0.25) is 0 Å². The van der Waals surface area contributed by atoms with E-state index < -0.39 is 0 Å². The number of nitriles is 1. The number of hydrogen-bond donors (Lipinski definition) is 1. The molecule has 2 aromatic heterocycles. The van der Waals surface area contributed by atoms with Crippen LogP contribution in [0.1, 0.15) is 11.5 Å². The van der Waals surface area contributed by atoms with Gasteiger partial charge in [-0.05, 0) is 36.4 Å². The van der Waals surface area contributed by atoms with Gasteiger partial charge in [0.1, 0.15) is 11.9 Å². The van der Waals surface area contributed by atoms with Gasteiger partial charge in [-0.15, -0.1) is 0 Å². The van der Waals surface area contributed by atoms with Crippen LogP contribution in [0.15, 0.2) is 66.9 Å². The smallest absolute Gasteiger partial charge is 0.149 e. The average molecular weight is 311 g/mol. The predicted octanol–water partition coefficient (Wildman–Crippen LogP) is 3.81. The quantitative estimate of drug-likeness (QED) is 0.585. The highest BCUT2D eigenvalue weighted by atomic mass is 15.3. The summed E-state index contributed by atoms with van der Waals surface area (Å²) >= 11 is 0. The van der Waals surface area contributed by atoms with Gasteiger partial charge in [0, 0.05) is 6.20 Å². The highest BCUT2D eigenvalue weighted by Gasteiger charge is 2.08. The van der Waals surface area contributed by atoms with Crippen LogP contribution in [0.5, 0.6) is 0 Å². The predicted molar refractivity (Wildman–Crippen MR) is 93.1 cm³/mol. The van der Waals surface area contributed by atoms with Gasteiger partial charge in [0.25, 0.3) is 0 Å². The molecule has 0 atom stereocenters. The second kappa shape index (κ2) is 5.86. The highest BCUT2D eigenvalue weighted by molar-refractivity contribution is 5.89. The first kappa shape index (κ1) is 14.0. The molecule has 2 heterocycles. The number of aromatic nitrogens is 4. The van der Waals surface area contributed by atoms with Gasteiger partial charge >= 0.3 is 0 Å². The maximum absolute atomic E-state index is 9.48. The number of fused-ring (bicyclic) bond motifs is 1. The Morgan fingerprint density at radius 2 is 1.83 bits per heavy atom. The van der Waals surface area contributed by atoms with Gasteiger partial charge < -0.3 is 4.98 Å². The van der Waals surface area contributed by atoms with E-state index in [4.69, 9.17) is 0 Å². The zero-order valence-electron chi connectivity index (χ0n) is 12.7. The molecule has 0 fully saturated rings. The van der Waals surface area contributed by atoms with Gasteiger partial charge in [-0.1, -0.05) is 30.3 Å². The van der Waals surface area contributed by atoms with Crippen LogP contribution in [-0.2, 0) is 0 Å². The molecule has 4 rings (SSSR count). The van der Waals surface area contributed by atoms with E-state index in [-0.39, 0.29) is 0 Å². The van der Waals surface area contributed by atoms with Crippen molar-refractivity contribution in [1.29, 1.82) is 5.26 Å². The van der Waals surface area contributed by atoms with Gasteiger partial charge in [0.15, 0.2) is 0 Å². The molecule has 0 saturated carbocycles. The van der Waals surface area contributed by atoms with Crippen LogP contribution < -0.4 is 0 Å². The fourth-order valence-electron chi connectivity index (χ4n) is 2.52. The Morgan fingerprint density at radius 1 is 1.04 bits per heavy atom. The Labute approximate surface area is 138 Å². The zero-order valence-corrected chi connectivity index (χ0v) is 12.7. The highest BCUT2D eigenvalue weighted by Crippen LogP contribution is 2.19. The number of nitrogens with zero attached hydrogens (tertiary/aromatic N) is 4. The number of imidazole rings is 1. The van der Waals surface area contributed by atoms with Crippen molar-refractivity contribution in [1.82, 2.24) is 19.7 Å². The molecule has 5 nitrogen and oxygen atoms in total. The molecule has 0 aliphatic heterocycles. The molecule has 4 aromatic rings. The van der Waals surface area contributed by atoms with Crippen molar-refractivity contribution in [2.75, 3.05) is 0 Å². The minimum absolute atomic E-state index is 0.449. The first-order valence-electron chi connectivity index (χ1n) is 7.51. The minimum atomic E-state index is 0.449. The van der Waals surface area contributed by atoms with E-state index in [9.17, 15) is 5.26 Å². The summed E-state index contributed by atoms with van der Waals surface area (Å²) in [7, 11) is 0. The van der Waals surface area contributed by atoms with Crippen LogP contribution in [0.4, 0.5) is 0 Å². The summed E-state index contributed by atoms with van der Waals surface area (Å²) in [5, 5.41) is 14.0. The van der Waals surface area contributed by atoms with Crippen LogP contribution in [0, 0.1) is 11.3 Å². The lowest BCUT2D eigenvalue weighted by Crippen LogP contribution is -1.94. The molecule has 0 radical (unpaired) electrons. The van der Waals surface area contributed by atoms with Gasteiger partial charge in [-0.25, -0.2) is 9.67 Å². The Bertz CT molecular complexity index is 1030. The van der Waals surface area contributed by atoms with Crippen molar-refractivity contribution in [3.05, 3.63) is 78.4 Å². The summed E-state index contributed by atoms with van der Waals surface area (Å²) < 4.78 is 1.78. The largest absolute Gasteiger partial charge is 0.337 e. The van der Waals surface area contributed by atoms with Gasteiger partial charge in [-0.2, -0.15) is 10.4 Å². The maximum Gasteiger partial charge on any atom is 0.149 e. The molecule has 0 aliphatic carbocycles. The molecule has 0 amide bonds. The van der Waals surface area contributed by atoms with Gasteiger partial charge in [0.2, 0.25) is 0 Å². The second-order valence-electron chi connectivity index (χ2n) is 5.29. The second-order valence-corrected chi connectivity index (χ2v) is 5.29. The van der Waals surface area contributed by atoms with E-state index in [1.807, 2.05) is 66.9 Å². The topological polar surface area (TPSA) is 70.3 Å². The van der Waals surface area contributed by atoms with E-state index in [0.717, 1.165) is 16.7 Å². The third-order valence-electron chi connectivity index (χ3n) is 3.69. The van der Waals surface area contributed by atoms with E-state index in [1.54, 1.807) is 10.8 Å². The molecular weight excluding hydrogens is 298 g/mol. The van der Waals surface area contributed by atoms with E-state index >= 15 is 0 Å². The van der Waals surface area contributed by atoms with E-state index in [0.29, 0.717) is 17.1 Å². The van der Waals surface area contributed by atoms with E-state index in [1.165, 1.54) is 0 Å². The van der Waals surface area contributed by atoms with Crippen molar-refractivity contribution in [3.8, 4) is 11.8 Å². The monoisotopic (exact) mass is 311 g/mol. The number of H-pyrrole nitrogens is 1. The van der Waals surface area contributed by atoms with Crippen molar-refractivity contribution in [2.45, 2.75) is 0 Å². The molecule has 2 aromatic carbocycles. The molecule has 0 bridgehead atoms. The molecule has 0 unspecified atom stereocenters. The molecule has 0 spiro atoms. The Balaban J connectivity index is 1.71. The van der Waals surface area contributed by atoms with Gasteiger partial charge in [0.05, 0.1) is 28.0 Å². The Kier molecular flexibility index (Phi) is 3.41. The zero-order chi connectivity index (χ0) is 16.4. The first-order valence-corrected chi connectivity index (χ1v) is 7.51.